The van der Waals surface area contributed by atoms with Crippen molar-refractivity contribution in [2.45, 2.75) is 12.0 Å². The second-order valence-electron chi connectivity index (χ2n) is 3.30. The number of ether oxygens (including phenoxy) is 3. The summed E-state index contributed by atoms with van der Waals surface area (Å²) in [7, 11) is 0. The Labute approximate surface area is 132 Å². The first-order valence-electron chi connectivity index (χ1n) is 4.95. The van der Waals surface area contributed by atoms with Crippen LogP contribution in [0.2, 0.25) is 0 Å². The molecular formula is C9H14F5O4Y-. The molecule has 0 saturated carbocycles. The van der Waals surface area contributed by atoms with Gasteiger partial charge in [0.05, 0.1) is 26.4 Å². The first kappa shape index (κ1) is 21.9. The van der Waals surface area contributed by atoms with Gasteiger partial charge < -0.3 is 28.1 Å². The zero-order valence-electron chi connectivity index (χ0n) is 9.96. The molecule has 1 radical (unpaired) electrons. The summed E-state index contributed by atoms with van der Waals surface area (Å²) in [5.41, 5.74) is 0. The average molecular weight is 370 g/mol. The van der Waals surface area contributed by atoms with E-state index in [-0.39, 0.29) is 45.9 Å². The molecule has 0 aromatic carbocycles. The number of hydrogen-bond donors (Lipinski definition) is 1. The minimum Gasteiger partial charge on any atom is -0.484 e. The summed E-state index contributed by atoms with van der Waals surface area (Å²) in [5, 5.41) is 9.12. The van der Waals surface area contributed by atoms with Crippen molar-refractivity contribution < 1.29 is 74.0 Å². The third kappa shape index (κ3) is 14.8. The predicted octanol–water partition coefficient (Wildman–Crippen LogP) is 1.39. The minimum atomic E-state index is -3.59. The van der Waals surface area contributed by atoms with Gasteiger partial charge in [-0.2, -0.15) is 0 Å². The van der Waals surface area contributed by atoms with Gasteiger partial charge in [0.15, 0.2) is 0 Å². The second-order valence-corrected chi connectivity index (χ2v) is 3.30. The third-order valence-corrected chi connectivity index (χ3v) is 1.55. The third-order valence-electron chi connectivity index (χ3n) is 1.55. The van der Waals surface area contributed by atoms with Gasteiger partial charge in [-0.3, -0.25) is 0 Å². The maximum absolute atomic E-state index is 12.8. The summed E-state index contributed by atoms with van der Waals surface area (Å²) >= 11 is 0. The number of hydrogen-bond acceptors (Lipinski definition) is 4. The van der Waals surface area contributed by atoms with Crippen molar-refractivity contribution in [3.05, 3.63) is 6.61 Å². The van der Waals surface area contributed by atoms with Gasteiger partial charge in [0.25, 0.3) is 5.92 Å². The fourth-order valence-electron chi connectivity index (χ4n) is 0.868. The van der Waals surface area contributed by atoms with Gasteiger partial charge in [-0.1, -0.05) is 0 Å². The van der Waals surface area contributed by atoms with Crippen LogP contribution in [-0.4, -0.2) is 56.8 Å². The smallest absolute Gasteiger partial charge is 0.290 e. The Balaban J connectivity index is 0. The molecule has 0 heterocycles. The molecule has 0 bridgehead atoms. The Kier molecular flexibility index (Phi) is 14.2. The topological polar surface area (TPSA) is 47.9 Å². The van der Waals surface area contributed by atoms with Crippen molar-refractivity contribution >= 4 is 0 Å². The van der Waals surface area contributed by atoms with Gasteiger partial charge >= 0.3 is 0 Å². The van der Waals surface area contributed by atoms with Crippen LogP contribution in [0.15, 0.2) is 0 Å². The maximum atomic E-state index is 12.8. The van der Waals surface area contributed by atoms with E-state index in [0.717, 1.165) is 0 Å². The van der Waals surface area contributed by atoms with E-state index < -0.39 is 45.1 Å². The normalized spacial score (nSPS) is 13.4. The largest absolute Gasteiger partial charge is 0.484 e. The molecule has 1 atom stereocenters. The first-order chi connectivity index (χ1) is 8.37. The van der Waals surface area contributed by atoms with E-state index in [0.29, 0.717) is 0 Å². The molecule has 19 heavy (non-hydrogen) atoms. The van der Waals surface area contributed by atoms with Crippen molar-refractivity contribution in [2.75, 3.05) is 39.7 Å². The Bertz CT molecular complexity index is 211. The summed E-state index contributed by atoms with van der Waals surface area (Å²) in [6.45, 7) is -6.94. The fraction of sp³-hybridized carbons (Fsp3) is 0.889. The minimum absolute atomic E-state index is 0. The van der Waals surface area contributed by atoms with E-state index in [1.807, 2.05) is 0 Å². The van der Waals surface area contributed by atoms with Crippen LogP contribution >= 0.6 is 0 Å². The Morgan fingerprint density at radius 3 is 2.21 bits per heavy atom. The molecule has 4 nitrogen and oxygen atoms in total. The van der Waals surface area contributed by atoms with Gasteiger partial charge in [0, 0.05) is 32.7 Å². The van der Waals surface area contributed by atoms with Crippen LogP contribution < -0.4 is 0 Å². The van der Waals surface area contributed by atoms with Crippen LogP contribution in [0.1, 0.15) is 0 Å². The SMILES string of the molecule is OC(COCCF)COCC(F)(F)CO[C-](F)F.[Y]. The Hall–Kier alpha value is 0.594. The van der Waals surface area contributed by atoms with Gasteiger partial charge in [-0.15, -0.1) is 0 Å². The molecule has 0 aromatic rings. The number of rotatable bonds is 11. The molecule has 1 N–H and O–H groups in total. The molecule has 0 saturated heterocycles. The summed E-state index contributed by atoms with van der Waals surface area (Å²) in [4.78, 5) is 0. The molecule has 0 spiro atoms. The molecule has 0 rings (SSSR count). The van der Waals surface area contributed by atoms with Gasteiger partial charge in [0.2, 0.25) is 0 Å². The molecule has 0 fully saturated rings. The van der Waals surface area contributed by atoms with Crippen molar-refractivity contribution in [1.82, 2.24) is 0 Å². The quantitative estimate of drug-likeness (QED) is 0.339. The van der Waals surface area contributed by atoms with E-state index in [4.69, 9.17) is 5.11 Å². The number of alkyl halides is 3. The van der Waals surface area contributed by atoms with E-state index in [1.165, 1.54) is 0 Å². The van der Waals surface area contributed by atoms with E-state index >= 15 is 0 Å². The summed E-state index contributed by atoms with van der Waals surface area (Å²) in [6.07, 6.45) is -1.20. The standard InChI is InChI=1S/C9H14F5O4.Y/c10-1-2-16-3-7(15)4-17-5-9(13,14)6-18-8(11)12;/h7,15H,1-6H2;/q-1;. The second kappa shape index (κ2) is 12.3. The molecular weight excluding hydrogens is 356 g/mol. The van der Waals surface area contributed by atoms with Crippen molar-refractivity contribution in [3.63, 3.8) is 0 Å². The van der Waals surface area contributed by atoms with Crippen molar-refractivity contribution in [3.8, 4) is 0 Å². The van der Waals surface area contributed by atoms with Gasteiger partial charge in [0.1, 0.15) is 26.0 Å². The summed E-state index contributed by atoms with van der Waals surface area (Å²) in [6, 6.07) is 0. The van der Waals surface area contributed by atoms with Crippen molar-refractivity contribution in [1.29, 1.82) is 0 Å². The van der Waals surface area contributed by atoms with Gasteiger partial charge in [-0.05, 0) is 0 Å². The van der Waals surface area contributed by atoms with E-state index in [1.54, 1.807) is 0 Å². The number of aliphatic hydroxyl groups is 1. The molecule has 0 aliphatic rings. The number of aliphatic hydroxyl groups excluding tert-OH is 1. The van der Waals surface area contributed by atoms with Crippen LogP contribution in [0, 0.1) is 6.61 Å². The van der Waals surface area contributed by atoms with Crippen LogP contribution in [0.5, 0.6) is 0 Å². The Morgan fingerprint density at radius 2 is 1.68 bits per heavy atom. The zero-order valence-corrected chi connectivity index (χ0v) is 12.8. The molecule has 10 heteroatoms. The molecule has 0 aromatic heterocycles. The maximum Gasteiger partial charge on any atom is 0.290 e. The molecule has 113 valence electrons. The monoisotopic (exact) mass is 370 g/mol. The van der Waals surface area contributed by atoms with Gasteiger partial charge in [-0.25, -0.2) is 13.2 Å². The zero-order chi connectivity index (χ0) is 14.0. The fourth-order valence-corrected chi connectivity index (χ4v) is 0.868. The van der Waals surface area contributed by atoms with E-state index in [2.05, 4.69) is 14.2 Å². The average Bonchev–Trinajstić information content (AvgIpc) is 2.27. The van der Waals surface area contributed by atoms with E-state index in [9.17, 15) is 22.0 Å². The van der Waals surface area contributed by atoms with Crippen LogP contribution in [0.25, 0.3) is 0 Å². The van der Waals surface area contributed by atoms with Crippen LogP contribution in [-0.2, 0) is 46.9 Å². The molecule has 1 unspecified atom stereocenters. The van der Waals surface area contributed by atoms with Crippen molar-refractivity contribution in [2.24, 2.45) is 0 Å². The molecule has 0 aliphatic heterocycles. The predicted molar refractivity (Wildman–Crippen MR) is 50.0 cm³/mol. The molecule has 0 amide bonds. The Morgan fingerprint density at radius 1 is 1.11 bits per heavy atom. The van der Waals surface area contributed by atoms with Crippen LogP contribution in [0.4, 0.5) is 22.0 Å². The number of halogens is 5. The molecule has 0 aliphatic carbocycles. The summed E-state index contributed by atoms with van der Waals surface area (Å²) < 4.78 is 72.4. The first-order valence-corrected chi connectivity index (χ1v) is 4.95. The summed E-state index contributed by atoms with van der Waals surface area (Å²) in [5.74, 6) is -3.59. The van der Waals surface area contributed by atoms with Crippen LogP contribution in [0.3, 0.4) is 0 Å².